The van der Waals surface area contributed by atoms with E-state index in [9.17, 15) is 0 Å². The van der Waals surface area contributed by atoms with Gasteiger partial charge in [-0.2, -0.15) is 0 Å². The molecule has 0 N–H and O–H groups in total. The minimum atomic E-state index is -0.859. The Morgan fingerprint density at radius 1 is 0.458 bits per heavy atom. The maximum Gasteiger partial charge on any atom is 0.163 e. The molecule has 4 nitrogen and oxygen atoms in total. The van der Waals surface area contributed by atoms with E-state index < -0.39 is 27.4 Å². The first kappa shape index (κ1) is 33.3. The lowest BCUT2D eigenvalue weighted by Crippen LogP contribution is -2.30. The molecule has 7 rings (SSSR count). The number of ether oxygens (including phenoxy) is 4. The second-order valence-corrected chi connectivity index (χ2v) is 18.0. The SMILES string of the molecule is CC1(C)OC[C@@H]([C@@H](c2cccc([C@H]([C@@H]3COC(C)(C)O3)P(c3ccccc3)c3ccccc3)c2)P(c2ccccc2)c2ccccc2)O1. The van der Waals surface area contributed by atoms with Gasteiger partial charge in [-0.15, -0.1) is 0 Å². The standard InChI is InChI=1S/C42H44O4P2/c1-41(2)43-29-37(45-41)39(47(33-20-9-5-10-21-33)34-22-11-6-12-23-34)31-18-17-19-32(28-31)40(38-30-44-42(3,4)46-38)48(35-24-13-7-14-25-35)36-26-15-8-16-27-36/h5-28,37-40H,29-30H2,1-4H3/t37-,38-,39+,40+/m0/s1. The molecule has 2 fully saturated rings. The molecule has 2 heterocycles. The Morgan fingerprint density at radius 2 is 0.771 bits per heavy atom. The van der Waals surface area contributed by atoms with Crippen molar-refractivity contribution in [3.05, 3.63) is 157 Å². The van der Waals surface area contributed by atoms with Crippen molar-refractivity contribution < 1.29 is 18.9 Å². The average Bonchev–Trinajstić information content (AvgIpc) is 3.67. The highest BCUT2D eigenvalue weighted by atomic mass is 31.1. The van der Waals surface area contributed by atoms with Crippen LogP contribution in [0.25, 0.3) is 0 Å². The van der Waals surface area contributed by atoms with Gasteiger partial charge in [0.2, 0.25) is 0 Å². The lowest BCUT2D eigenvalue weighted by Gasteiger charge is -2.35. The van der Waals surface area contributed by atoms with Gasteiger partial charge in [0.05, 0.1) is 25.4 Å². The molecule has 0 amide bonds. The van der Waals surface area contributed by atoms with Crippen LogP contribution in [0.4, 0.5) is 0 Å². The molecule has 5 aromatic rings. The molecule has 0 aromatic heterocycles. The molecule has 6 heteroatoms. The topological polar surface area (TPSA) is 36.9 Å². The van der Waals surface area contributed by atoms with Crippen LogP contribution < -0.4 is 21.2 Å². The zero-order chi connectivity index (χ0) is 33.1. The highest BCUT2D eigenvalue weighted by Gasteiger charge is 2.45. The van der Waals surface area contributed by atoms with Gasteiger partial charge in [0.25, 0.3) is 0 Å². The van der Waals surface area contributed by atoms with Crippen LogP contribution in [0, 0.1) is 0 Å². The average molecular weight is 675 g/mol. The minimum absolute atomic E-state index is 0.0593. The Balaban J connectivity index is 1.40. The van der Waals surface area contributed by atoms with Crippen LogP contribution in [0.3, 0.4) is 0 Å². The first-order valence-corrected chi connectivity index (χ1v) is 19.6. The molecule has 0 radical (unpaired) electrons. The molecule has 246 valence electrons. The summed E-state index contributed by atoms with van der Waals surface area (Å²) in [5.41, 5.74) is 2.64. The lowest BCUT2D eigenvalue weighted by molar-refractivity contribution is -0.138. The minimum Gasteiger partial charge on any atom is -0.348 e. The monoisotopic (exact) mass is 674 g/mol. The van der Waals surface area contributed by atoms with Crippen molar-refractivity contribution in [1.29, 1.82) is 0 Å². The first-order valence-electron chi connectivity index (χ1n) is 16.8. The predicted octanol–water partition coefficient (Wildman–Crippen LogP) is 8.34. The number of benzene rings is 5. The van der Waals surface area contributed by atoms with Gasteiger partial charge in [-0.05, 0) is 75.9 Å². The fourth-order valence-electron chi connectivity index (χ4n) is 7.02. The number of rotatable bonds is 10. The van der Waals surface area contributed by atoms with Gasteiger partial charge in [0.15, 0.2) is 11.6 Å². The molecule has 0 saturated carbocycles. The van der Waals surface area contributed by atoms with Gasteiger partial charge in [0, 0.05) is 11.3 Å². The maximum atomic E-state index is 6.76. The van der Waals surface area contributed by atoms with Gasteiger partial charge in [0.1, 0.15) is 0 Å². The van der Waals surface area contributed by atoms with Crippen molar-refractivity contribution in [2.45, 2.75) is 62.8 Å². The smallest absolute Gasteiger partial charge is 0.163 e. The normalized spacial score (nSPS) is 21.4. The van der Waals surface area contributed by atoms with E-state index >= 15 is 0 Å². The quantitative estimate of drug-likeness (QED) is 0.140. The summed E-state index contributed by atoms with van der Waals surface area (Å²) in [6, 6.07) is 53.1. The third-order valence-corrected chi connectivity index (χ3v) is 14.8. The summed E-state index contributed by atoms with van der Waals surface area (Å²) in [7, 11) is -1.72. The molecule has 0 unspecified atom stereocenters. The van der Waals surface area contributed by atoms with E-state index in [1.165, 1.54) is 32.3 Å². The summed E-state index contributed by atoms with van der Waals surface area (Å²) in [6.07, 6.45) is -0.232. The van der Waals surface area contributed by atoms with Crippen molar-refractivity contribution in [1.82, 2.24) is 0 Å². The molecule has 0 bridgehead atoms. The molecular formula is C42H44O4P2. The van der Waals surface area contributed by atoms with Gasteiger partial charge in [-0.3, -0.25) is 0 Å². The van der Waals surface area contributed by atoms with E-state index in [1.54, 1.807) is 0 Å². The molecule has 5 aromatic carbocycles. The van der Waals surface area contributed by atoms with Crippen LogP contribution in [-0.2, 0) is 18.9 Å². The first-order chi connectivity index (χ1) is 23.3. The van der Waals surface area contributed by atoms with Gasteiger partial charge in [-0.25, -0.2) is 0 Å². The van der Waals surface area contributed by atoms with Crippen LogP contribution in [0.2, 0.25) is 0 Å². The predicted molar refractivity (Wildman–Crippen MR) is 200 cm³/mol. The summed E-state index contributed by atoms with van der Waals surface area (Å²) < 4.78 is 26.0. The van der Waals surface area contributed by atoms with Crippen molar-refractivity contribution in [2.75, 3.05) is 13.2 Å². The Hall–Kier alpha value is -3.20. The Morgan fingerprint density at radius 3 is 1.04 bits per heavy atom. The van der Waals surface area contributed by atoms with Crippen LogP contribution in [0.5, 0.6) is 0 Å². The third kappa shape index (κ3) is 7.36. The molecule has 2 saturated heterocycles. The maximum absolute atomic E-state index is 6.76. The molecular weight excluding hydrogens is 630 g/mol. The molecule has 2 aliphatic rings. The molecule has 0 spiro atoms. The molecule has 0 aliphatic carbocycles. The molecule has 48 heavy (non-hydrogen) atoms. The summed E-state index contributed by atoms with van der Waals surface area (Å²) in [4.78, 5) is 0. The largest absolute Gasteiger partial charge is 0.348 e. The number of hydrogen-bond donors (Lipinski definition) is 0. The van der Waals surface area contributed by atoms with E-state index in [4.69, 9.17) is 18.9 Å². The summed E-state index contributed by atoms with van der Waals surface area (Å²) in [5, 5.41) is 5.29. The van der Waals surface area contributed by atoms with Crippen LogP contribution in [-0.4, -0.2) is 37.0 Å². The van der Waals surface area contributed by atoms with Gasteiger partial charge in [-0.1, -0.05) is 146 Å². The summed E-state index contributed by atoms with van der Waals surface area (Å²) in [5.74, 6) is -1.29. The highest BCUT2D eigenvalue weighted by Crippen LogP contribution is 2.57. The van der Waals surface area contributed by atoms with Crippen molar-refractivity contribution >= 4 is 37.1 Å². The second kappa shape index (κ2) is 14.3. The molecule has 4 atom stereocenters. The second-order valence-electron chi connectivity index (χ2n) is 13.4. The lowest BCUT2D eigenvalue weighted by atomic mass is 10.0. The van der Waals surface area contributed by atoms with E-state index in [0.29, 0.717) is 13.2 Å². The van der Waals surface area contributed by atoms with Gasteiger partial charge < -0.3 is 18.9 Å². The zero-order valence-electron chi connectivity index (χ0n) is 28.1. The van der Waals surface area contributed by atoms with Crippen LogP contribution in [0.1, 0.15) is 50.1 Å². The zero-order valence-corrected chi connectivity index (χ0v) is 29.9. The van der Waals surface area contributed by atoms with E-state index in [1.807, 2.05) is 27.7 Å². The Labute approximate surface area is 287 Å². The van der Waals surface area contributed by atoms with Crippen molar-refractivity contribution in [3.63, 3.8) is 0 Å². The summed E-state index contributed by atoms with van der Waals surface area (Å²) >= 11 is 0. The van der Waals surface area contributed by atoms with E-state index in [-0.39, 0.29) is 23.5 Å². The fourth-order valence-corrected chi connectivity index (χ4v) is 12.8. The number of hydrogen-bond acceptors (Lipinski definition) is 4. The van der Waals surface area contributed by atoms with E-state index in [2.05, 4.69) is 146 Å². The van der Waals surface area contributed by atoms with Crippen molar-refractivity contribution in [3.8, 4) is 0 Å². The fraction of sp³-hybridized carbons (Fsp3) is 0.286. The summed E-state index contributed by atoms with van der Waals surface area (Å²) in [6.45, 7) is 9.17. The highest BCUT2D eigenvalue weighted by molar-refractivity contribution is 7.73. The van der Waals surface area contributed by atoms with Crippen LogP contribution >= 0.6 is 15.8 Å². The van der Waals surface area contributed by atoms with Crippen molar-refractivity contribution in [2.24, 2.45) is 0 Å². The third-order valence-electron chi connectivity index (χ3n) is 9.05. The Bertz CT molecular complexity index is 1560. The van der Waals surface area contributed by atoms with Gasteiger partial charge >= 0.3 is 0 Å². The van der Waals surface area contributed by atoms with E-state index in [0.717, 1.165) is 0 Å². The molecule has 2 aliphatic heterocycles. The van der Waals surface area contributed by atoms with Crippen LogP contribution in [0.15, 0.2) is 146 Å². The Kier molecular flexibility index (Phi) is 9.95.